The van der Waals surface area contributed by atoms with Gasteiger partial charge in [0.15, 0.2) is 0 Å². The highest BCUT2D eigenvalue weighted by Crippen LogP contribution is 2.46. The number of nitrogens with zero attached hydrogens (tertiary/aromatic N) is 1. The minimum absolute atomic E-state index is 0.00715. The van der Waals surface area contributed by atoms with Crippen LogP contribution in [0.15, 0.2) is 48.5 Å². The zero-order chi connectivity index (χ0) is 26.0. The van der Waals surface area contributed by atoms with Gasteiger partial charge in [0, 0.05) is 29.1 Å². The van der Waals surface area contributed by atoms with Crippen LogP contribution in [0.1, 0.15) is 63.9 Å². The van der Waals surface area contributed by atoms with Crippen LogP contribution in [0.2, 0.25) is 5.02 Å². The van der Waals surface area contributed by atoms with Gasteiger partial charge in [-0.15, -0.1) is 0 Å². The highest BCUT2D eigenvalue weighted by molar-refractivity contribution is 6.30. The Morgan fingerprint density at radius 2 is 1.74 bits per heavy atom. The van der Waals surface area contributed by atoms with Crippen LogP contribution in [0.5, 0.6) is 5.75 Å². The second kappa shape index (κ2) is 10.6. The summed E-state index contributed by atoms with van der Waals surface area (Å²) in [5.41, 5.74) is -0.473. The molecule has 0 bridgehead atoms. The molecule has 0 unspecified atom stereocenters. The Kier molecular flexibility index (Phi) is 8.17. The molecule has 1 fully saturated rings. The number of hydrogen-bond acceptors (Lipinski definition) is 4. The van der Waals surface area contributed by atoms with Crippen molar-refractivity contribution in [2.45, 2.75) is 65.7 Å². The third-order valence-electron chi connectivity index (χ3n) is 6.77. The molecular formula is C28H37ClN2O4. The lowest BCUT2D eigenvalue weighted by atomic mass is 9.66. The molecule has 2 atom stereocenters. The molecule has 0 spiro atoms. The number of likely N-dealkylation sites (tertiary alicyclic amines) is 1. The average Bonchev–Trinajstić information content (AvgIpc) is 2.78. The maximum Gasteiger partial charge on any atom is 0.252 e. The van der Waals surface area contributed by atoms with E-state index in [4.69, 9.17) is 16.3 Å². The zero-order valence-electron chi connectivity index (χ0n) is 21.5. The predicted octanol–water partition coefficient (Wildman–Crippen LogP) is 5.03. The Morgan fingerprint density at radius 1 is 1.09 bits per heavy atom. The smallest absolute Gasteiger partial charge is 0.252 e. The summed E-state index contributed by atoms with van der Waals surface area (Å²) >= 11 is 6.04. The van der Waals surface area contributed by atoms with Crippen LogP contribution < -0.4 is 10.1 Å². The van der Waals surface area contributed by atoms with Crippen LogP contribution in [-0.4, -0.2) is 47.1 Å². The lowest BCUT2D eigenvalue weighted by molar-refractivity contribution is -0.155. The molecule has 2 amide bonds. The van der Waals surface area contributed by atoms with Gasteiger partial charge >= 0.3 is 0 Å². The lowest BCUT2D eigenvalue weighted by Gasteiger charge is -2.51. The Bertz CT molecular complexity index is 1050. The molecule has 190 valence electrons. The molecule has 0 aromatic heterocycles. The van der Waals surface area contributed by atoms with Gasteiger partial charge in [0.05, 0.1) is 11.7 Å². The molecule has 0 radical (unpaired) electrons. The van der Waals surface area contributed by atoms with Crippen molar-refractivity contribution in [1.29, 1.82) is 0 Å². The molecule has 3 rings (SSSR count). The lowest BCUT2D eigenvalue weighted by Crippen LogP contribution is -2.60. The van der Waals surface area contributed by atoms with Crippen molar-refractivity contribution in [2.75, 3.05) is 13.1 Å². The van der Waals surface area contributed by atoms with Crippen LogP contribution in [-0.2, 0) is 10.4 Å². The third-order valence-corrected chi connectivity index (χ3v) is 7.02. The van der Waals surface area contributed by atoms with E-state index in [1.807, 2.05) is 53.7 Å². The maximum absolute atomic E-state index is 13.6. The molecule has 1 aliphatic heterocycles. The SMILES string of the molecule is CC(C)Oc1cccc(C(=O)N[C@@H](C(=O)N2CC[C@](O)(c3ccc(Cl)cc3)C(C)(C)C2)C(C)C)c1. The van der Waals surface area contributed by atoms with Gasteiger partial charge in [0.25, 0.3) is 5.91 Å². The summed E-state index contributed by atoms with van der Waals surface area (Å²) in [6.45, 7) is 12.4. The Labute approximate surface area is 213 Å². The van der Waals surface area contributed by atoms with E-state index in [9.17, 15) is 14.7 Å². The Morgan fingerprint density at radius 3 is 2.31 bits per heavy atom. The number of benzene rings is 2. The molecular weight excluding hydrogens is 464 g/mol. The van der Waals surface area contributed by atoms with Crippen LogP contribution in [0.25, 0.3) is 0 Å². The standard InChI is InChI=1S/C28H37ClN2O4/c1-18(2)24(30-25(32)20-8-7-9-23(16-20)35-19(3)4)26(33)31-15-14-28(34,27(5,6)17-31)21-10-12-22(29)13-11-21/h7-13,16,18-19,24,34H,14-15,17H2,1-6H3,(H,30,32)/t24-,28+/m1/s1. The van der Waals surface area contributed by atoms with Crippen molar-refractivity contribution < 1.29 is 19.4 Å². The predicted molar refractivity (Wildman–Crippen MR) is 139 cm³/mol. The van der Waals surface area contributed by atoms with E-state index in [-0.39, 0.29) is 23.8 Å². The zero-order valence-corrected chi connectivity index (χ0v) is 22.2. The second-order valence-electron chi connectivity index (χ2n) is 10.7. The first-order valence-corrected chi connectivity index (χ1v) is 12.6. The summed E-state index contributed by atoms with van der Waals surface area (Å²) in [6, 6.07) is 13.5. The highest BCUT2D eigenvalue weighted by Gasteiger charge is 2.50. The van der Waals surface area contributed by atoms with E-state index in [1.165, 1.54) is 0 Å². The number of aliphatic hydroxyl groups is 1. The normalized spacial score (nSPS) is 20.6. The first-order chi connectivity index (χ1) is 16.3. The van der Waals surface area contributed by atoms with Gasteiger partial charge in [-0.3, -0.25) is 9.59 Å². The average molecular weight is 501 g/mol. The monoisotopic (exact) mass is 500 g/mol. The molecule has 7 heteroatoms. The quantitative estimate of drug-likeness (QED) is 0.559. The van der Waals surface area contributed by atoms with Gasteiger partial charge in [-0.25, -0.2) is 0 Å². The minimum Gasteiger partial charge on any atom is -0.491 e. The number of halogens is 1. The van der Waals surface area contributed by atoms with Crippen molar-refractivity contribution in [2.24, 2.45) is 11.3 Å². The fraction of sp³-hybridized carbons (Fsp3) is 0.500. The van der Waals surface area contributed by atoms with Crippen LogP contribution in [0, 0.1) is 11.3 Å². The highest BCUT2D eigenvalue weighted by atomic mass is 35.5. The maximum atomic E-state index is 13.6. The largest absolute Gasteiger partial charge is 0.491 e. The molecule has 2 N–H and O–H groups in total. The van der Waals surface area contributed by atoms with Crippen LogP contribution in [0.4, 0.5) is 0 Å². The molecule has 1 heterocycles. The van der Waals surface area contributed by atoms with Crippen molar-refractivity contribution >= 4 is 23.4 Å². The summed E-state index contributed by atoms with van der Waals surface area (Å²) in [7, 11) is 0. The topological polar surface area (TPSA) is 78.9 Å². The number of ether oxygens (including phenoxy) is 1. The van der Waals surface area contributed by atoms with Gasteiger partial charge in [-0.1, -0.05) is 57.5 Å². The van der Waals surface area contributed by atoms with Crippen molar-refractivity contribution in [3.05, 3.63) is 64.7 Å². The molecule has 6 nitrogen and oxygen atoms in total. The first kappa shape index (κ1) is 27.0. The van der Waals surface area contributed by atoms with Crippen molar-refractivity contribution in [1.82, 2.24) is 10.2 Å². The first-order valence-electron chi connectivity index (χ1n) is 12.2. The van der Waals surface area contributed by atoms with Gasteiger partial charge < -0.3 is 20.1 Å². The van der Waals surface area contributed by atoms with Crippen LogP contribution in [0.3, 0.4) is 0 Å². The van der Waals surface area contributed by atoms with E-state index in [2.05, 4.69) is 5.32 Å². The van der Waals surface area contributed by atoms with Crippen molar-refractivity contribution in [3.8, 4) is 5.75 Å². The molecule has 2 aromatic carbocycles. The van der Waals surface area contributed by atoms with Gasteiger partial charge in [-0.2, -0.15) is 0 Å². The van der Waals surface area contributed by atoms with E-state index in [0.29, 0.717) is 35.8 Å². The fourth-order valence-corrected chi connectivity index (χ4v) is 4.81. The number of nitrogens with one attached hydrogen (secondary N) is 1. The van der Waals surface area contributed by atoms with E-state index in [1.54, 1.807) is 41.3 Å². The Hall–Kier alpha value is -2.57. The number of piperidine rings is 1. The molecule has 2 aromatic rings. The minimum atomic E-state index is -1.10. The van der Waals surface area contributed by atoms with Crippen molar-refractivity contribution in [3.63, 3.8) is 0 Å². The number of hydrogen-bond donors (Lipinski definition) is 2. The number of carbonyl (C=O) groups excluding carboxylic acids is 2. The third kappa shape index (κ3) is 5.99. The van der Waals surface area contributed by atoms with Gasteiger partial charge in [0.2, 0.25) is 5.91 Å². The number of amides is 2. The molecule has 0 aliphatic carbocycles. The summed E-state index contributed by atoms with van der Waals surface area (Å²) in [5, 5.41) is 15.2. The van der Waals surface area contributed by atoms with Crippen LogP contribution >= 0.6 is 11.6 Å². The molecule has 1 aliphatic rings. The number of carbonyl (C=O) groups is 2. The van der Waals surface area contributed by atoms with Gasteiger partial charge in [0.1, 0.15) is 11.8 Å². The van der Waals surface area contributed by atoms with E-state index >= 15 is 0 Å². The molecule has 1 saturated heterocycles. The fourth-order valence-electron chi connectivity index (χ4n) is 4.69. The summed E-state index contributed by atoms with van der Waals surface area (Å²) in [6.07, 6.45) is 0.382. The Balaban J connectivity index is 1.75. The summed E-state index contributed by atoms with van der Waals surface area (Å²) in [4.78, 5) is 28.4. The molecule has 0 saturated carbocycles. The van der Waals surface area contributed by atoms with Gasteiger partial charge in [-0.05, 0) is 62.1 Å². The summed E-state index contributed by atoms with van der Waals surface area (Å²) in [5.74, 6) is 0.0374. The number of rotatable bonds is 7. The van der Waals surface area contributed by atoms with E-state index in [0.717, 1.165) is 5.56 Å². The molecule has 35 heavy (non-hydrogen) atoms. The summed E-state index contributed by atoms with van der Waals surface area (Å²) < 4.78 is 5.70. The van der Waals surface area contributed by atoms with E-state index < -0.39 is 17.1 Å². The second-order valence-corrected chi connectivity index (χ2v) is 11.1.